The Balaban J connectivity index is 1.84. The molecule has 0 saturated carbocycles. The second-order valence-electron chi connectivity index (χ2n) is 4.80. The Hall–Kier alpha value is -2.22. The van der Waals surface area contributed by atoms with Gasteiger partial charge in [0.05, 0.1) is 6.61 Å². The Morgan fingerprint density at radius 2 is 1.52 bits per heavy atom. The van der Waals surface area contributed by atoms with Crippen molar-refractivity contribution in [1.29, 1.82) is 0 Å². The van der Waals surface area contributed by atoms with Crippen molar-refractivity contribution in [3.05, 3.63) is 83.8 Å². The molecule has 0 heterocycles. The highest BCUT2D eigenvalue weighted by atomic mass is 16.5. The van der Waals surface area contributed by atoms with Crippen molar-refractivity contribution < 1.29 is 9.47 Å². The highest BCUT2D eigenvalue weighted by Gasteiger charge is 2.00. The number of aryl methyl sites for hydroxylation is 1. The fourth-order valence-corrected chi connectivity index (χ4v) is 2.07. The standard InChI is InChI=1S/C19H22O2/c1-2-21-19(14-13-17-9-5-3-6-10-17)16-20-15-18-11-7-4-8-12-18/h3-12,16H,2,13-15H2,1H3/b19-16+. The topological polar surface area (TPSA) is 18.5 Å². The molecular weight excluding hydrogens is 260 g/mol. The van der Waals surface area contributed by atoms with E-state index >= 15 is 0 Å². The minimum atomic E-state index is 0.572. The lowest BCUT2D eigenvalue weighted by molar-refractivity contribution is 0.172. The Labute approximate surface area is 127 Å². The van der Waals surface area contributed by atoms with Gasteiger partial charge in [-0.05, 0) is 24.5 Å². The van der Waals surface area contributed by atoms with Gasteiger partial charge in [0.2, 0.25) is 0 Å². The van der Waals surface area contributed by atoms with Crippen LogP contribution in [-0.2, 0) is 22.5 Å². The Bertz CT molecular complexity index is 532. The Morgan fingerprint density at radius 1 is 0.905 bits per heavy atom. The maximum absolute atomic E-state index is 5.64. The van der Waals surface area contributed by atoms with Gasteiger partial charge in [0.25, 0.3) is 0 Å². The summed E-state index contributed by atoms with van der Waals surface area (Å²) in [6.45, 7) is 3.23. The molecule has 0 radical (unpaired) electrons. The highest BCUT2D eigenvalue weighted by Crippen LogP contribution is 2.11. The third-order valence-corrected chi connectivity index (χ3v) is 3.14. The van der Waals surface area contributed by atoms with E-state index in [4.69, 9.17) is 9.47 Å². The summed E-state index contributed by atoms with van der Waals surface area (Å²) < 4.78 is 11.3. The highest BCUT2D eigenvalue weighted by molar-refractivity contribution is 5.16. The molecule has 0 aromatic heterocycles. The van der Waals surface area contributed by atoms with Gasteiger partial charge in [-0.25, -0.2) is 0 Å². The molecule has 0 fully saturated rings. The van der Waals surface area contributed by atoms with E-state index in [1.165, 1.54) is 5.56 Å². The van der Waals surface area contributed by atoms with Crippen molar-refractivity contribution in [2.24, 2.45) is 0 Å². The molecule has 0 amide bonds. The molecule has 0 saturated heterocycles. The molecule has 0 aliphatic rings. The van der Waals surface area contributed by atoms with E-state index in [-0.39, 0.29) is 0 Å². The first-order valence-corrected chi connectivity index (χ1v) is 7.39. The quantitative estimate of drug-likeness (QED) is 0.653. The van der Waals surface area contributed by atoms with Crippen LogP contribution in [-0.4, -0.2) is 6.61 Å². The van der Waals surface area contributed by atoms with Gasteiger partial charge in [0.15, 0.2) is 0 Å². The largest absolute Gasteiger partial charge is 0.495 e. The SMILES string of the molecule is CCO/C(=C/OCc1ccccc1)CCc1ccccc1. The fourth-order valence-electron chi connectivity index (χ4n) is 2.07. The summed E-state index contributed by atoms with van der Waals surface area (Å²) >= 11 is 0. The lowest BCUT2D eigenvalue weighted by Gasteiger charge is -2.09. The van der Waals surface area contributed by atoms with Crippen LogP contribution in [0.1, 0.15) is 24.5 Å². The van der Waals surface area contributed by atoms with E-state index in [0.29, 0.717) is 13.2 Å². The zero-order chi connectivity index (χ0) is 14.8. The molecule has 0 unspecified atom stereocenters. The van der Waals surface area contributed by atoms with E-state index < -0.39 is 0 Å². The normalized spacial score (nSPS) is 11.2. The second-order valence-corrected chi connectivity index (χ2v) is 4.80. The van der Waals surface area contributed by atoms with Crippen molar-refractivity contribution in [3.8, 4) is 0 Å². The summed E-state index contributed by atoms with van der Waals surface area (Å²) in [5.41, 5.74) is 2.47. The predicted octanol–water partition coefficient (Wildman–Crippen LogP) is 4.71. The van der Waals surface area contributed by atoms with Crippen LogP contribution >= 0.6 is 0 Å². The van der Waals surface area contributed by atoms with Crippen LogP contribution in [0, 0.1) is 0 Å². The Kier molecular flexibility index (Phi) is 6.40. The van der Waals surface area contributed by atoms with E-state index in [1.54, 1.807) is 6.26 Å². The summed E-state index contributed by atoms with van der Waals surface area (Å²) in [4.78, 5) is 0. The maximum Gasteiger partial charge on any atom is 0.131 e. The van der Waals surface area contributed by atoms with Gasteiger partial charge in [-0.3, -0.25) is 0 Å². The average molecular weight is 282 g/mol. The molecule has 0 aliphatic heterocycles. The number of benzene rings is 2. The Morgan fingerprint density at radius 3 is 2.14 bits per heavy atom. The van der Waals surface area contributed by atoms with Crippen LogP contribution in [0.2, 0.25) is 0 Å². The van der Waals surface area contributed by atoms with Gasteiger partial charge in [0, 0.05) is 6.42 Å². The van der Waals surface area contributed by atoms with Crippen LogP contribution in [0.15, 0.2) is 72.7 Å². The molecule has 0 spiro atoms. The van der Waals surface area contributed by atoms with Crippen molar-refractivity contribution in [3.63, 3.8) is 0 Å². The summed E-state index contributed by atoms with van der Waals surface area (Å²) in [5.74, 6) is 0.900. The van der Waals surface area contributed by atoms with Gasteiger partial charge >= 0.3 is 0 Å². The van der Waals surface area contributed by atoms with Crippen LogP contribution in [0.5, 0.6) is 0 Å². The average Bonchev–Trinajstić information content (AvgIpc) is 2.54. The molecule has 2 aromatic carbocycles. The maximum atomic E-state index is 5.64. The number of ether oxygens (including phenoxy) is 2. The molecular formula is C19H22O2. The molecule has 0 atom stereocenters. The van der Waals surface area contributed by atoms with Crippen LogP contribution in [0.4, 0.5) is 0 Å². The second kappa shape index (κ2) is 8.85. The molecule has 2 nitrogen and oxygen atoms in total. The third-order valence-electron chi connectivity index (χ3n) is 3.14. The van der Waals surface area contributed by atoms with Crippen LogP contribution in [0.3, 0.4) is 0 Å². The molecule has 0 aliphatic carbocycles. The van der Waals surface area contributed by atoms with Crippen LogP contribution < -0.4 is 0 Å². The van der Waals surface area contributed by atoms with Gasteiger partial charge in [0.1, 0.15) is 18.6 Å². The zero-order valence-corrected chi connectivity index (χ0v) is 12.5. The molecule has 2 heteroatoms. The predicted molar refractivity (Wildman–Crippen MR) is 85.7 cm³/mol. The van der Waals surface area contributed by atoms with Crippen molar-refractivity contribution in [1.82, 2.24) is 0 Å². The lowest BCUT2D eigenvalue weighted by Crippen LogP contribution is -1.97. The lowest BCUT2D eigenvalue weighted by atomic mass is 10.1. The number of allylic oxidation sites excluding steroid dienone is 1. The summed E-state index contributed by atoms with van der Waals surface area (Å²) in [6, 6.07) is 20.6. The summed E-state index contributed by atoms with van der Waals surface area (Å²) in [7, 11) is 0. The zero-order valence-electron chi connectivity index (χ0n) is 12.5. The van der Waals surface area contributed by atoms with Gasteiger partial charge in [-0.2, -0.15) is 0 Å². The summed E-state index contributed by atoms with van der Waals surface area (Å²) in [5, 5.41) is 0. The van der Waals surface area contributed by atoms with E-state index in [1.807, 2.05) is 31.2 Å². The van der Waals surface area contributed by atoms with Crippen molar-refractivity contribution >= 4 is 0 Å². The fraction of sp³-hybridized carbons (Fsp3) is 0.263. The molecule has 0 bridgehead atoms. The first-order valence-electron chi connectivity index (χ1n) is 7.39. The number of hydrogen-bond acceptors (Lipinski definition) is 2. The van der Waals surface area contributed by atoms with E-state index in [2.05, 4.69) is 36.4 Å². The smallest absolute Gasteiger partial charge is 0.131 e. The molecule has 21 heavy (non-hydrogen) atoms. The number of rotatable bonds is 8. The number of hydrogen-bond donors (Lipinski definition) is 0. The third kappa shape index (κ3) is 5.74. The minimum absolute atomic E-state index is 0.572. The van der Waals surface area contributed by atoms with Crippen LogP contribution in [0.25, 0.3) is 0 Å². The minimum Gasteiger partial charge on any atom is -0.495 e. The van der Waals surface area contributed by atoms with Crippen molar-refractivity contribution in [2.75, 3.05) is 6.61 Å². The van der Waals surface area contributed by atoms with Crippen molar-refractivity contribution in [2.45, 2.75) is 26.4 Å². The van der Waals surface area contributed by atoms with E-state index in [9.17, 15) is 0 Å². The summed E-state index contributed by atoms with van der Waals surface area (Å²) in [6.07, 6.45) is 3.56. The molecule has 0 N–H and O–H groups in total. The molecule has 2 rings (SSSR count). The van der Waals surface area contributed by atoms with Gasteiger partial charge < -0.3 is 9.47 Å². The van der Waals surface area contributed by atoms with E-state index in [0.717, 1.165) is 24.2 Å². The first kappa shape index (κ1) is 15.2. The van der Waals surface area contributed by atoms with Gasteiger partial charge in [-0.15, -0.1) is 0 Å². The first-order chi connectivity index (χ1) is 10.4. The monoisotopic (exact) mass is 282 g/mol. The molecule has 110 valence electrons. The molecule has 2 aromatic rings. The van der Waals surface area contributed by atoms with Gasteiger partial charge in [-0.1, -0.05) is 60.7 Å².